The fraction of sp³-hybridized carbons (Fsp3) is 0.538. The third kappa shape index (κ3) is 3.97. The molecule has 1 aromatic rings. The van der Waals surface area contributed by atoms with E-state index in [-0.39, 0.29) is 0 Å². The van der Waals surface area contributed by atoms with Gasteiger partial charge in [-0.2, -0.15) is 0 Å². The van der Waals surface area contributed by atoms with E-state index in [0.717, 1.165) is 34.6 Å². The second-order valence-corrected chi connectivity index (χ2v) is 5.34. The summed E-state index contributed by atoms with van der Waals surface area (Å²) in [7, 11) is 0. The molecule has 0 bridgehead atoms. The van der Waals surface area contributed by atoms with Crippen LogP contribution in [0.5, 0.6) is 0 Å². The summed E-state index contributed by atoms with van der Waals surface area (Å²) in [6.45, 7) is 1.88. The molecule has 2 rings (SSSR count). The molecule has 0 heterocycles. The highest BCUT2D eigenvalue weighted by atomic mass is 35.5. The van der Waals surface area contributed by atoms with Crippen molar-refractivity contribution in [1.82, 2.24) is 5.32 Å². The van der Waals surface area contributed by atoms with Crippen LogP contribution < -0.4 is 5.32 Å². The SMILES string of the molecule is Clc1ccc(Cl)c(CNCCCC2CC2)c1. The summed E-state index contributed by atoms with van der Waals surface area (Å²) in [5, 5.41) is 4.95. The Balaban J connectivity index is 1.69. The molecule has 1 nitrogen and oxygen atoms in total. The molecular formula is C13H17Cl2N. The minimum Gasteiger partial charge on any atom is -0.313 e. The summed E-state index contributed by atoms with van der Waals surface area (Å²) in [4.78, 5) is 0. The van der Waals surface area contributed by atoms with E-state index < -0.39 is 0 Å². The van der Waals surface area contributed by atoms with Crippen molar-refractivity contribution in [2.75, 3.05) is 6.54 Å². The highest BCUT2D eigenvalue weighted by Gasteiger charge is 2.19. The van der Waals surface area contributed by atoms with E-state index in [4.69, 9.17) is 23.2 Å². The Morgan fingerprint density at radius 2 is 2.06 bits per heavy atom. The van der Waals surface area contributed by atoms with Gasteiger partial charge in [-0.15, -0.1) is 0 Å². The van der Waals surface area contributed by atoms with Crippen molar-refractivity contribution in [2.24, 2.45) is 5.92 Å². The van der Waals surface area contributed by atoms with Crippen molar-refractivity contribution in [1.29, 1.82) is 0 Å². The zero-order valence-corrected chi connectivity index (χ0v) is 10.8. The number of benzene rings is 1. The van der Waals surface area contributed by atoms with E-state index in [1.807, 2.05) is 18.2 Å². The molecule has 0 atom stereocenters. The molecule has 16 heavy (non-hydrogen) atoms. The van der Waals surface area contributed by atoms with Gasteiger partial charge in [0.15, 0.2) is 0 Å². The third-order valence-electron chi connectivity index (χ3n) is 2.99. The van der Waals surface area contributed by atoms with Crippen molar-refractivity contribution >= 4 is 23.2 Å². The monoisotopic (exact) mass is 257 g/mol. The van der Waals surface area contributed by atoms with Gasteiger partial charge in [0, 0.05) is 16.6 Å². The zero-order chi connectivity index (χ0) is 11.4. The molecule has 88 valence electrons. The van der Waals surface area contributed by atoms with Crippen LogP contribution >= 0.6 is 23.2 Å². The van der Waals surface area contributed by atoms with E-state index in [1.54, 1.807) is 0 Å². The smallest absolute Gasteiger partial charge is 0.0451 e. The van der Waals surface area contributed by atoms with E-state index in [1.165, 1.54) is 25.7 Å². The van der Waals surface area contributed by atoms with Gasteiger partial charge in [-0.3, -0.25) is 0 Å². The number of halogens is 2. The predicted octanol–water partition coefficient (Wildman–Crippen LogP) is 4.27. The molecular weight excluding hydrogens is 241 g/mol. The standard InChI is InChI=1S/C13H17Cl2N/c14-12-5-6-13(15)11(8-12)9-16-7-1-2-10-3-4-10/h5-6,8,10,16H,1-4,7,9H2. The molecule has 0 radical (unpaired) electrons. The molecule has 1 fully saturated rings. The fourth-order valence-electron chi connectivity index (χ4n) is 1.82. The highest BCUT2D eigenvalue weighted by Crippen LogP contribution is 2.33. The minimum absolute atomic E-state index is 0.749. The molecule has 0 saturated heterocycles. The van der Waals surface area contributed by atoms with Crippen LogP contribution in [-0.4, -0.2) is 6.54 Å². The van der Waals surface area contributed by atoms with Gasteiger partial charge >= 0.3 is 0 Å². The van der Waals surface area contributed by atoms with Crippen molar-refractivity contribution in [3.05, 3.63) is 33.8 Å². The van der Waals surface area contributed by atoms with Gasteiger partial charge in [-0.25, -0.2) is 0 Å². The van der Waals surface area contributed by atoms with Gasteiger partial charge in [0.05, 0.1) is 0 Å². The number of nitrogens with one attached hydrogen (secondary N) is 1. The van der Waals surface area contributed by atoms with Crippen LogP contribution in [0.3, 0.4) is 0 Å². The average molecular weight is 258 g/mol. The summed E-state index contributed by atoms with van der Waals surface area (Å²) >= 11 is 12.0. The fourth-order valence-corrected chi connectivity index (χ4v) is 2.20. The van der Waals surface area contributed by atoms with Gasteiger partial charge in [0.2, 0.25) is 0 Å². The topological polar surface area (TPSA) is 12.0 Å². The highest BCUT2D eigenvalue weighted by molar-refractivity contribution is 6.33. The molecule has 0 spiro atoms. The van der Waals surface area contributed by atoms with Crippen LogP contribution in [0, 0.1) is 5.92 Å². The maximum absolute atomic E-state index is 6.07. The molecule has 3 heteroatoms. The normalized spacial score (nSPS) is 15.4. The first-order valence-corrected chi connectivity index (χ1v) is 6.66. The third-order valence-corrected chi connectivity index (χ3v) is 3.59. The molecule has 0 amide bonds. The summed E-state index contributed by atoms with van der Waals surface area (Å²) in [6, 6.07) is 5.60. The molecule has 1 saturated carbocycles. The van der Waals surface area contributed by atoms with E-state index in [0.29, 0.717) is 0 Å². The Morgan fingerprint density at radius 3 is 2.81 bits per heavy atom. The summed E-state index contributed by atoms with van der Waals surface area (Å²) in [6.07, 6.45) is 5.53. The number of hydrogen-bond donors (Lipinski definition) is 1. The van der Waals surface area contributed by atoms with Crippen LogP contribution in [0.2, 0.25) is 10.0 Å². The Labute approximate surface area is 107 Å². The second kappa shape index (κ2) is 5.90. The van der Waals surface area contributed by atoms with Gasteiger partial charge in [0.1, 0.15) is 0 Å². The molecule has 1 N–H and O–H groups in total. The Morgan fingerprint density at radius 1 is 1.25 bits per heavy atom. The van der Waals surface area contributed by atoms with Crippen LogP contribution in [0.4, 0.5) is 0 Å². The number of hydrogen-bond acceptors (Lipinski definition) is 1. The van der Waals surface area contributed by atoms with E-state index in [9.17, 15) is 0 Å². The molecule has 1 aromatic carbocycles. The van der Waals surface area contributed by atoms with Gasteiger partial charge in [0.25, 0.3) is 0 Å². The Bertz CT molecular complexity index is 348. The first-order valence-electron chi connectivity index (χ1n) is 5.90. The maximum Gasteiger partial charge on any atom is 0.0451 e. The minimum atomic E-state index is 0.749. The van der Waals surface area contributed by atoms with E-state index in [2.05, 4.69) is 5.32 Å². The predicted molar refractivity (Wildman–Crippen MR) is 70.1 cm³/mol. The average Bonchev–Trinajstić information content (AvgIpc) is 3.06. The molecule has 0 aliphatic heterocycles. The van der Waals surface area contributed by atoms with Crippen LogP contribution in [0.15, 0.2) is 18.2 Å². The quantitative estimate of drug-likeness (QED) is 0.751. The van der Waals surface area contributed by atoms with Crippen molar-refractivity contribution in [3.8, 4) is 0 Å². The van der Waals surface area contributed by atoms with Crippen LogP contribution in [0.1, 0.15) is 31.2 Å². The lowest BCUT2D eigenvalue weighted by Crippen LogP contribution is -2.15. The molecule has 1 aliphatic rings. The van der Waals surface area contributed by atoms with Crippen LogP contribution in [0.25, 0.3) is 0 Å². The van der Waals surface area contributed by atoms with Crippen molar-refractivity contribution in [2.45, 2.75) is 32.2 Å². The van der Waals surface area contributed by atoms with E-state index >= 15 is 0 Å². The number of rotatable bonds is 6. The lowest BCUT2D eigenvalue weighted by Gasteiger charge is -2.07. The Kier molecular flexibility index (Phi) is 4.51. The maximum atomic E-state index is 6.07. The summed E-state index contributed by atoms with van der Waals surface area (Å²) < 4.78 is 0. The Hall–Kier alpha value is -0.240. The lowest BCUT2D eigenvalue weighted by molar-refractivity contribution is 0.594. The second-order valence-electron chi connectivity index (χ2n) is 4.50. The molecule has 0 aromatic heterocycles. The lowest BCUT2D eigenvalue weighted by atomic mass is 10.2. The van der Waals surface area contributed by atoms with Gasteiger partial charge in [-0.05, 0) is 49.1 Å². The first kappa shape index (κ1) is 12.2. The van der Waals surface area contributed by atoms with Gasteiger partial charge < -0.3 is 5.32 Å². The van der Waals surface area contributed by atoms with Crippen molar-refractivity contribution in [3.63, 3.8) is 0 Å². The molecule has 1 aliphatic carbocycles. The largest absolute Gasteiger partial charge is 0.313 e. The van der Waals surface area contributed by atoms with Crippen molar-refractivity contribution < 1.29 is 0 Å². The molecule has 0 unspecified atom stereocenters. The summed E-state index contributed by atoms with van der Waals surface area (Å²) in [5.41, 5.74) is 1.08. The van der Waals surface area contributed by atoms with Crippen LogP contribution in [-0.2, 0) is 6.54 Å². The zero-order valence-electron chi connectivity index (χ0n) is 9.31. The first-order chi connectivity index (χ1) is 7.75. The van der Waals surface area contributed by atoms with Gasteiger partial charge in [-0.1, -0.05) is 36.0 Å². The summed E-state index contributed by atoms with van der Waals surface area (Å²) in [5.74, 6) is 1.02.